The van der Waals surface area contributed by atoms with Crippen molar-refractivity contribution >= 4 is 17.7 Å². The summed E-state index contributed by atoms with van der Waals surface area (Å²) in [5.74, 6) is 0.758. The molecular formula is C9H14O2S. The SMILES string of the molecule is CCOC(=O)C1=CCSC1(C)C. The van der Waals surface area contributed by atoms with Crippen molar-refractivity contribution in [1.82, 2.24) is 0 Å². The van der Waals surface area contributed by atoms with Gasteiger partial charge in [0.25, 0.3) is 0 Å². The maximum absolute atomic E-state index is 11.4. The van der Waals surface area contributed by atoms with Gasteiger partial charge in [0.15, 0.2) is 0 Å². The molecule has 0 N–H and O–H groups in total. The van der Waals surface area contributed by atoms with Gasteiger partial charge in [-0.25, -0.2) is 4.79 Å². The monoisotopic (exact) mass is 186 g/mol. The van der Waals surface area contributed by atoms with E-state index in [0.717, 1.165) is 11.3 Å². The summed E-state index contributed by atoms with van der Waals surface area (Å²) >= 11 is 1.77. The number of hydrogen-bond acceptors (Lipinski definition) is 3. The Labute approximate surface area is 77.4 Å². The van der Waals surface area contributed by atoms with Crippen LogP contribution in [0.3, 0.4) is 0 Å². The fourth-order valence-electron chi connectivity index (χ4n) is 1.19. The van der Waals surface area contributed by atoms with Gasteiger partial charge in [0.2, 0.25) is 0 Å². The van der Waals surface area contributed by atoms with E-state index in [1.54, 1.807) is 11.8 Å². The van der Waals surface area contributed by atoms with Crippen molar-refractivity contribution in [3.05, 3.63) is 11.6 Å². The highest BCUT2D eigenvalue weighted by Gasteiger charge is 2.33. The molecule has 1 rings (SSSR count). The number of hydrogen-bond donors (Lipinski definition) is 0. The van der Waals surface area contributed by atoms with Crippen molar-refractivity contribution in [3.8, 4) is 0 Å². The van der Waals surface area contributed by atoms with Gasteiger partial charge < -0.3 is 4.74 Å². The van der Waals surface area contributed by atoms with Crippen LogP contribution in [0.4, 0.5) is 0 Å². The Bertz CT molecular complexity index is 219. The zero-order valence-corrected chi connectivity index (χ0v) is 8.53. The summed E-state index contributed by atoms with van der Waals surface area (Å²) in [6, 6.07) is 0. The van der Waals surface area contributed by atoms with Crippen molar-refractivity contribution in [2.75, 3.05) is 12.4 Å². The van der Waals surface area contributed by atoms with Crippen molar-refractivity contribution in [1.29, 1.82) is 0 Å². The molecule has 3 heteroatoms. The van der Waals surface area contributed by atoms with Crippen molar-refractivity contribution in [3.63, 3.8) is 0 Å². The molecule has 12 heavy (non-hydrogen) atoms. The summed E-state index contributed by atoms with van der Waals surface area (Å²) < 4.78 is 4.88. The highest BCUT2D eigenvalue weighted by molar-refractivity contribution is 8.01. The van der Waals surface area contributed by atoms with Gasteiger partial charge in [0, 0.05) is 16.1 Å². The van der Waals surface area contributed by atoms with Crippen molar-refractivity contribution < 1.29 is 9.53 Å². The summed E-state index contributed by atoms with van der Waals surface area (Å²) in [6.45, 7) is 6.38. The van der Waals surface area contributed by atoms with Crippen LogP contribution < -0.4 is 0 Å². The maximum atomic E-state index is 11.4. The average molecular weight is 186 g/mol. The molecular weight excluding hydrogens is 172 g/mol. The second-order valence-electron chi connectivity index (χ2n) is 3.16. The summed E-state index contributed by atoms with van der Waals surface area (Å²) in [4.78, 5) is 11.4. The molecule has 0 aromatic heterocycles. The molecule has 0 saturated carbocycles. The molecule has 2 nitrogen and oxygen atoms in total. The summed E-state index contributed by atoms with van der Waals surface area (Å²) in [6.07, 6.45) is 1.96. The number of rotatable bonds is 2. The third kappa shape index (κ3) is 1.83. The zero-order valence-electron chi connectivity index (χ0n) is 7.72. The van der Waals surface area contributed by atoms with Crippen LogP contribution in [0.5, 0.6) is 0 Å². The minimum Gasteiger partial charge on any atom is -0.463 e. The molecule has 0 saturated heterocycles. The standard InChI is InChI=1S/C9H14O2S/c1-4-11-8(10)7-5-6-12-9(7,2)3/h5H,4,6H2,1-3H3. The molecule has 0 radical (unpaired) electrons. The average Bonchev–Trinajstić information content (AvgIpc) is 2.30. The van der Waals surface area contributed by atoms with Gasteiger partial charge in [-0.2, -0.15) is 0 Å². The van der Waals surface area contributed by atoms with Gasteiger partial charge in [-0.1, -0.05) is 6.08 Å². The van der Waals surface area contributed by atoms with Gasteiger partial charge in [-0.05, 0) is 20.8 Å². The number of esters is 1. The first kappa shape index (κ1) is 9.65. The van der Waals surface area contributed by atoms with Crippen molar-refractivity contribution in [2.24, 2.45) is 0 Å². The molecule has 0 amide bonds. The first-order valence-corrected chi connectivity index (χ1v) is 5.08. The van der Waals surface area contributed by atoms with Gasteiger partial charge in [0.05, 0.1) is 6.61 Å². The van der Waals surface area contributed by atoms with E-state index in [1.165, 1.54) is 0 Å². The first-order chi connectivity index (χ1) is 5.58. The Hall–Kier alpha value is -0.440. The lowest BCUT2D eigenvalue weighted by molar-refractivity contribution is -0.138. The maximum Gasteiger partial charge on any atom is 0.335 e. The number of carbonyl (C=O) groups excluding carboxylic acids is 1. The zero-order chi connectivity index (χ0) is 9.19. The fraction of sp³-hybridized carbons (Fsp3) is 0.667. The summed E-state index contributed by atoms with van der Waals surface area (Å²) in [5, 5.41) is 0. The van der Waals surface area contributed by atoms with E-state index < -0.39 is 0 Å². The molecule has 1 heterocycles. The highest BCUT2D eigenvalue weighted by Crippen LogP contribution is 2.38. The van der Waals surface area contributed by atoms with Crippen LogP contribution in [0.2, 0.25) is 0 Å². The van der Waals surface area contributed by atoms with Crippen LogP contribution >= 0.6 is 11.8 Å². The Morgan fingerprint density at radius 2 is 2.42 bits per heavy atom. The molecule has 0 aliphatic carbocycles. The summed E-state index contributed by atoms with van der Waals surface area (Å²) in [7, 11) is 0. The van der Waals surface area contributed by atoms with E-state index in [-0.39, 0.29) is 10.7 Å². The van der Waals surface area contributed by atoms with E-state index in [0.29, 0.717) is 6.61 Å². The molecule has 1 aliphatic rings. The topological polar surface area (TPSA) is 26.3 Å². The number of thioether (sulfide) groups is 1. The van der Waals surface area contributed by atoms with Crippen LogP contribution in [-0.2, 0) is 9.53 Å². The molecule has 0 bridgehead atoms. The van der Waals surface area contributed by atoms with Crippen LogP contribution in [0.15, 0.2) is 11.6 Å². The normalized spacial score (nSPS) is 20.4. The molecule has 68 valence electrons. The van der Waals surface area contributed by atoms with Crippen LogP contribution in [0.25, 0.3) is 0 Å². The molecule has 1 aliphatic heterocycles. The van der Waals surface area contributed by atoms with Crippen LogP contribution in [-0.4, -0.2) is 23.1 Å². The van der Waals surface area contributed by atoms with Gasteiger partial charge in [-0.15, -0.1) is 11.8 Å². The predicted molar refractivity (Wildman–Crippen MR) is 51.3 cm³/mol. The van der Waals surface area contributed by atoms with Crippen molar-refractivity contribution in [2.45, 2.75) is 25.5 Å². The Morgan fingerprint density at radius 3 is 2.83 bits per heavy atom. The van der Waals surface area contributed by atoms with E-state index in [2.05, 4.69) is 0 Å². The quantitative estimate of drug-likeness (QED) is 0.617. The Balaban J connectivity index is 2.68. The molecule has 0 spiro atoms. The van der Waals surface area contributed by atoms with E-state index in [9.17, 15) is 4.79 Å². The van der Waals surface area contributed by atoms with Gasteiger partial charge >= 0.3 is 5.97 Å². The van der Waals surface area contributed by atoms with E-state index >= 15 is 0 Å². The predicted octanol–water partition coefficient (Wildman–Crippen LogP) is 2.00. The second kappa shape index (κ2) is 3.52. The van der Waals surface area contributed by atoms with E-state index in [4.69, 9.17) is 4.74 Å². The third-order valence-electron chi connectivity index (χ3n) is 1.88. The van der Waals surface area contributed by atoms with Gasteiger partial charge in [0.1, 0.15) is 0 Å². The molecule has 0 aromatic carbocycles. The van der Waals surface area contributed by atoms with Gasteiger partial charge in [-0.3, -0.25) is 0 Å². The molecule has 0 aromatic rings. The largest absolute Gasteiger partial charge is 0.463 e. The number of ether oxygens (including phenoxy) is 1. The summed E-state index contributed by atoms with van der Waals surface area (Å²) in [5.41, 5.74) is 0.814. The Kier molecular flexibility index (Phi) is 2.83. The highest BCUT2D eigenvalue weighted by atomic mass is 32.2. The van der Waals surface area contributed by atoms with Crippen LogP contribution in [0, 0.1) is 0 Å². The minimum atomic E-state index is -0.160. The first-order valence-electron chi connectivity index (χ1n) is 4.09. The fourth-order valence-corrected chi connectivity index (χ4v) is 2.18. The second-order valence-corrected chi connectivity index (χ2v) is 4.80. The Morgan fingerprint density at radius 1 is 1.75 bits per heavy atom. The smallest absolute Gasteiger partial charge is 0.335 e. The lowest BCUT2D eigenvalue weighted by Gasteiger charge is -2.19. The number of carbonyl (C=O) groups is 1. The lowest BCUT2D eigenvalue weighted by Crippen LogP contribution is -2.22. The molecule has 0 atom stereocenters. The van der Waals surface area contributed by atoms with E-state index in [1.807, 2.05) is 26.8 Å². The molecule has 0 unspecified atom stereocenters. The minimum absolute atomic E-state index is 0.0632. The third-order valence-corrected chi connectivity index (χ3v) is 3.15. The molecule has 0 fully saturated rings. The van der Waals surface area contributed by atoms with Crippen LogP contribution in [0.1, 0.15) is 20.8 Å². The lowest BCUT2D eigenvalue weighted by atomic mass is 10.0.